The first-order chi connectivity index (χ1) is 6.38. The number of nitrogens with two attached hydrogens (primary N) is 1. The van der Waals surface area contributed by atoms with Gasteiger partial charge in [-0.1, -0.05) is 12.8 Å². The van der Waals surface area contributed by atoms with Crippen LogP contribution in [0, 0.1) is 0 Å². The summed E-state index contributed by atoms with van der Waals surface area (Å²) in [5, 5.41) is 0. The van der Waals surface area contributed by atoms with Crippen molar-refractivity contribution in [2.45, 2.75) is 38.1 Å². The Hall–Kier alpha value is -0.150. The van der Waals surface area contributed by atoms with Crippen LogP contribution >= 0.6 is 0 Å². The van der Waals surface area contributed by atoms with E-state index in [-0.39, 0.29) is 6.67 Å². The fraction of sp³-hybridized carbons (Fsp3) is 1.00. The van der Waals surface area contributed by atoms with E-state index in [1.807, 2.05) is 0 Å². The maximum atomic E-state index is 12.3. The zero-order valence-corrected chi connectivity index (χ0v) is 8.34. The lowest BCUT2D eigenvalue weighted by atomic mass is 10.2. The molecular formula is C10H21FN2. The van der Waals surface area contributed by atoms with Gasteiger partial charge in [0.2, 0.25) is 0 Å². The molecule has 0 aromatic heterocycles. The SMILES string of the molecule is NCCCN(CCF)C1CCCC1. The number of rotatable bonds is 6. The number of halogens is 1. The molecule has 3 heteroatoms. The van der Waals surface area contributed by atoms with Crippen molar-refractivity contribution >= 4 is 0 Å². The fourth-order valence-corrected chi connectivity index (χ4v) is 2.15. The van der Waals surface area contributed by atoms with Crippen molar-refractivity contribution in [1.82, 2.24) is 4.90 Å². The van der Waals surface area contributed by atoms with Crippen LogP contribution in [-0.2, 0) is 0 Å². The number of hydrogen-bond acceptors (Lipinski definition) is 2. The van der Waals surface area contributed by atoms with Gasteiger partial charge in [-0.05, 0) is 32.4 Å². The molecule has 0 unspecified atom stereocenters. The standard InChI is InChI=1S/C10H21FN2/c11-6-9-13(8-3-7-12)10-4-1-2-5-10/h10H,1-9,12H2. The molecule has 1 fully saturated rings. The predicted molar refractivity (Wildman–Crippen MR) is 53.5 cm³/mol. The van der Waals surface area contributed by atoms with E-state index >= 15 is 0 Å². The average Bonchev–Trinajstić information content (AvgIpc) is 2.65. The summed E-state index contributed by atoms with van der Waals surface area (Å²) in [6, 6.07) is 0.641. The minimum absolute atomic E-state index is 0.221. The summed E-state index contributed by atoms with van der Waals surface area (Å²) in [6.45, 7) is 2.08. The Balaban J connectivity index is 2.26. The lowest BCUT2D eigenvalue weighted by Crippen LogP contribution is -2.36. The van der Waals surface area contributed by atoms with Crippen molar-refractivity contribution < 1.29 is 4.39 Å². The molecule has 0 atom stereocenters. The Bertz CT molecular complexity index is 124. The largest absolute Gasteiger partial charge is 0.330 e. The zero-order valence-electron chi connectivity index (χ0n) is 8.34. The molecule has 1 aliphatic carbocycles. The van der Waals surface area contributed by atoms with Crippen LogP contribution in [0.15, 0.2) is 0 Å². The van der Waals surface area contributed by atoms with Gasteiger partial charge in [-0.15, -0.1) is 0 Å². The minimum atomic E-state index is -0.221. The van der Waals surface area contributed by atoms with Gasteiger partial charge in [0.15, 0.2) is 0 Å². The topological polar surface area (TPSA) is 29.3 Å². The molecule has 1 saturated carbocycles. The van der Waals surface area contributed by atoms with Crippen molar-refractivity contribution in [3.63, 3.8) is 0 Å². The fourth-order valence-electron chi connectivity index (χ4n) is 2.15. The smallest absolute Gasteiger partial charge is 0.102 e. The molecule has 0 aromatic carbocycles. The summed E-state index contributed by atoms with van der Waals surface area (Å²) in [7, 11) is 0. The highest BCUT2D eigenvalue weighted by molar-refractivity contribution is 4.77. The Kier molecular flexibility index (Phi) is 5.32. The summed E-state index contributed by atoms with van der Waals surface area (Å²) >= 11 is 0. The summed E-state index contributed by atoms with van der Waals surface area (Å²) in [5.41, 5.74) is 5.45. The molecule has 0 bridgehead atoms. The normalized spacial score (nSPS) is 18.7. The van der Waals surface area contributed by atoms with Gasteiger partial charge in [0.05, 0.1) is 0 Å². The zero-order chi connectivity index (χ0) is 9.52. The third kappa shape index (κ3) is 3.61. The predicted octanol–water partition coefficient (Wildman–Crippen LogP) is 1.55. The van der Waals surface area contributed by atoms with E-state index in [0.717, 1.165) is 19.5 Å². The van der Waals surface area contributed by atoms with Gasteiger partial charge in [-0.25, -0.2) is 4.39 Å². The van der Waals surface area contributed by atoms with Gasteiger partial charge in [0, 0.05) is 12.6 Å². The highest BCUT2D eigenvalue weighted by atomic mass is 19.1. The van der Waals surface area contributed by atoms with E-state index in [1.165, 1.54) is 25.7 Å². The van der Waals surface area contributed by atoms with Crippen LogP contribution < -0.4 is 5.73 Å². The number of hydrogen-bond donors (Lipinski definition) is 1. The van der Waals surface area contributed by atoms with Gasteiger partial charge < -0.3 is 5.73 Å². The first-order valence-corrected chi connectivity index (χ1v) is 5.38. The molecule has 0 aromatic rings. The van der Waals surface area contributed by atoms with Crippen LogP contribution in [0.1, 0.15) is 32.1 Å². The molecule has 0 amide bonds. The molecular weight excluding hydrogens is 167 g/mol. The van der Waals surface area contributed by atoms with E-state index in [0.29, 0.717) is 12.6 Å². The van der Waals surface area contributed by atoms with Crippen molar-refractivity contribution in [1.29, 1.82) is 0 Å². The third-order valence-electron chi connectivity index (χ3n) is 2.86. The lowest BCUT2D eigenvalue weighted by molar-refractivity contribution is 0.182. The summed E-state index contributed by atoms with van der Waals surface area (Å²) in [6.07, 6.45) is 6.14. The second kappa shape index (κ2) is 6.33. The van der Waals surface area contributed by atoms with E-state index in [1.54, 1.807) is 0 Å². The van der Waals surface area contributed by atoms with Gasteiger partial charge in [0.25, 0.3) is 0 Å². The lowest BCUT2D eigenvalue weighted by Gasteiger charge is -2.27. The van der Waals surface area contributed by atoms with Gasteiger partial charge in [-0.2, -0.15) is 0 Å². The first-order valence-electron chi connectivity index (χ1n) is 5.38. The Labute approximate surface area is 80.3 Å². The molecule has 0 aliphatic heterocycles. The van der Waals surface area contributed by atoms with Crippen LogP contribution in [-0.4, -0.2) is 37.3 Å². The van der Waals surface area contributed by atoms with Gasteiger partial charge >= 0.3 is 0 Å². The number of alkyl halides is 1. The molecule has 0 spiro atoms. The Morgan fingerprint density at radius 1 is 1.23 bits per heavy atom. The maximum Gasteiger partial charge on any atom is 0.102 e. The Morgan fingerprint density at radius 3 is 2.46 bits per heavy atom. The van der Waals surface area contributed by atoms with E-state index in [2.05, 4.69) is 4.90 Å². The van der Waals surface area contributed by atoms with Crippen molar-refractivity contribution in [2.75, 3.05) is 26.3 Å². The highest BCUT2D eigenvalue weighted by Gasteiger charge is 2.21. The summed E-state index contributed by atoms with van der Waals surface area (Å²) in [4.78, 5) is 2.28. The number of nitrogens with zero attached hydrogens (tertiary/aromatic N) is 1. The molecule has 2 nitrogen and oxygen atoms in total. The van der Waals surface area contributed by atoms with Crippen LogP contribution in [0.4, 0.5) is 4.39 Å². The van der Waals surface area contributed by atoms with E-state index in [9.17, 15) is 4.39 Å². The van der Waals surface area contributed by atoms with Crippen LogP contribution in [0.3, 0.4) is 0 Å². The molecule has 1 rings (SSSR count). The van der Waals surface area contributed by atoms with Crippen molar-refractivity contribution in [3.8, 4) is 0 Å². The van der Waals surface area contributed by atoms with Gasteiger partial charge in [0.1, 0.15) is 6.67 Å². The molecule has 1 aliphatic rings. The van der Waals surface area contributed by atoms with Gasteiger partial charge in [-0.3, -0.25) is 4.90 Å². The van der Waals surface area contributed by atoms with Crippen LogP contribution in [0.25, 0.3) is 0 Å². The highest BCUT2D eigenvalue weighted by Crippen LogP contribution is 2.23. The quantitative estimate of drug-likeness (QED) is 0.685. The first kappa shape index (κ1) is 10.9. The minimum Gasteiger partial charge on any atom is -0.330 e. The molecule has 0 saturated heterocycles. The third-order valence-corrected chi connectivity index (χ3v) is 2.86. The molecule has 0 radical (unpaired) electrons. The van der Waals surface area contributed by atoms with Crippen LogP contribution in [0.5, 0.6) is 0 Å². The monoisotopic (exact) mass is 188 g/mol. The second-order valence-corrected chi connectivity index (χ2v) is 3.81. The summed E-state index contributed by atoms with van der Waals surface area (Å²) < 4.78 is 12.3. The summed E-state index contributed by atoms with van der Waals surface area (Å²) in [5.74, 6) is 0. The average molecular weight is 188 g/mol. The Morgan fingerprint density at radius 2 is 1.92 bits per heavy atom. The molecule has 13 heavy (non-hydrogen) atoms. The van der Waals surface area contributed by atoms with Crippen LogP contribution in [0.2, 0.25) is 0 Å². The molecule has 2 N–H and O–H groups in total. The van der Waals surface area contributed by atoms with E-state index in [4.69, 9.17) is 5.73 Å². The molecule has 0 heterocycles. The maximum absolute atomic E-state index is 12.3. The van der Waals surface area contributed by atoms with Crippen molar-refractivity contribution in [2.24, 2.45) is 5.73 Å². The van der Waals surface area contributed by atoms with Crippen molar-refractivity contribution in [3.05, 3.63) is 0 Å². The molecule has 78 valence electrons. The second-order valence-electron chi connectivity index (χ2n) is 3.81. The van der Waals surface area contributed by atoms with E-state index < -0.39 is 0 Å².